The van der Waals surface area contributed by atoms with E-state index in [4.69, 9.17) is 9.73 Å². The minimum absolute atomic E-state index is 0.00242. The molecule has 2 aromatic carbocycles. The Bertz CT molecular complexity index is 1350. The molecule has 0 aromatic heterocycles. The van der Waals surface area contributed by atoms with Crippen LogP contribution in [-0.2, 0) is 23.2 Å². The molecule has 1 aliphatic carbocycles. The molecule has 3 aliphatic heterocycles. The molecule has 0 saturated carbocycles. The molecule has 3 heterocycles. The number of allylic oxidation sites excluding steroid dienone is 1. The molecule has 0 bridgehead atoms. The molecule has 4 aliphatic rings. The van der Waals surface area contributed by atoms with E-state index in [-0.39, 0.29) is 17.4 Å². The average Bonchev–Trinajstić information content (AvgIpc) is 3.47. The number of alkyl carbamates (subject to hydrolysis) is 1. The lowest BCUT2D eigenvalue weighted by Gasteiger charge is -2.41. The second-order valence-electron chi connectivity index (χ2n) is 12.8. The highest BCUT2D eigenvalue weighted by atomic mass is 16.6. The number of amidine groups is 1. The van der Waals surface area contributed by atoms with Gasteiger partial charge < -0.3 is 15.0 Å². The first-order valence-corrected chi connectivity index (χ1v) is 14.7. The van der Waals surface area contributed by atoms with Crippen LogP contribution in [0.1, 0.15) is 63.6 Å². The van der Waals surface area contributed by atoms with Crippen molar-refractivity contribution in [3.8, 4) is 0 Å². The van der Waals surface area contributed by atoms with Crippen molar-refractivity contribution < 1.29 is 9.53 Å². The maximum Gasteiger partial charge on any atom is 0.407 e. The topological polar surface area (TPSA) is 69.5 Å². The highest BCUT2D eigenvalue weighted by molar-refractivity contribution is 6.07. The minimum Gasteiger partial charge on any atom is -0.444 e. The van der Waals surface area contributed by atoms with Gasteiger partial charge in [0.15, 0.2) is 0 Å². The predicted molar refractivity (Wildman–Crippen MR) is 161 cm³/mol. The number of nitrogens with zero attached hydrogens (tertiary/aromatic N) is 4. The van der Waals surface area contributed by atoms with Gasteiger partial charge in [-0.25, -0.2) is 14.8 Å². The lowest BCUT2D eigenvalue weighted by molar-refractivity contribution is 0.0523. The van der Waals surface area contributed by atoms with E-state index in [1.54, 1.807) is 6.34 Å². The third-order valence-electron chi connectivity index (χ3n) is 8.83. The number of fused-ring (bicyclic) bond motifs is 3. The lowest BCUT2D eigenvalue weighted by atomic mass is 9.72. The van der Waals surface area contributed by atoms with Gasteiger partial charge in [-0.15, -0.1) is 0 Å². The fourth-order valence-corrected chi connectivity index (χ4v) is 6.97. The van der Waals surface area contributed by atoms with Gasteiger partial charge in [0.2, 0.25) is 0 Å². The molecule has 1 amide bonds. The number of carbonyl (C=O) groups excluding carboxylic acids is 1. The maximum atomic E-state index is 12.6. The smallest absolute Gasteiger partial charge is 0.407 e. The largest absolute Gasteiger partial charge is 0.444 e. The van der Waals surface area contributed by atoms with Gasteiger partial charge in [-0.3, -0.25) is 4.90 Å². The first-order chi connectivity index (χ1) is 19.2. The van der Waals surface area contributed by atoms with Crippen LogP contribution in [0.25, 0.3) is 0 Å². The van der Waals surface area contributed by atoms with E-state index in [9.17, 15) is 4.79 Å². The Labute approximate surface area is 238 Å². The van der Waals surface area contributed by atoms with Gasteiger partial charge >= 0.3 is 6.09 Å². The Hall–Kier alpha value is -3.45. The van der Waals surface area contributed by atoms with Gasteiger partial charge in [-0.05, 0) is 81.8 Å². The number of anilines is 1. The number of piperidine rings is 1. The minimum atomic E-state index is -0.532. The molecular formula is C33H41N5O2. The van der Waals surface area contributed by atoms with Crippen LogP contribution < -0.4 is 10.2 Å². The zero-order valence-corrected chi connectivity index (χ0v) is 24.2. The van der Waals surface area contributed by atoms with Gasteiger partial charge in [-0.2, -0.15) is 0 Å². The van der Waals surface area contributed by atoms with Crippen LogP contribution in [-0.4, -0.2) is 48.4 Å². The second-order valence-corrected chi connectivity index (χ2v) is 12.8. The second kappa shape index (κ2) is 10.5. The molecule has 0 radical (unpaired) electrons. The summed E-state index contributed by atoms with van der Waals surface area (Å²) in [4.78, 5) is 27.2. The van der Waals surface area contributed by atoms with Crippen molar-refractivity contribution in [3.63, 3.8) is 0 Å². The molecule has 2 atom stereocenters. The van der Waals surface area contributed by atoms with E-state index in [0.29, 0.717) is 12.5 Å². The van der Waals surface area contributed by atoms with E-state index >= 15 is 0 Å². The fraction of sp³-hybridized carbons (Fsp3) is 0.485. The van der Waals surface area contributed by atoms with Crippen molar-refractivity contribution in [3.05, 3.63) is 77.0 Å². The number of nitrogens with one attached hydrogen (secondary N) is 1. The first kappa shape index (κ1) is 26.8. The van der Waals surface area contributed by atoms with E-state index in [2.05, 4.69) is 81.6 Å². The van der Waals surface area contributed by atoms with Crippen molar-refractivity contribution in [1.82, 2.24) is 10.2 Å². The molecule has 1 unspecified atom stereocenters. The predicted octanol–water partition coefficient (Wildman–Crippen LogP) is 6.05. The monoisotopic (exact) mass is 539 g/mol. The molecule has 1 fully saturated rings. The number of benzene rings is 2. The zero-order valence-electron chi connectivity index (χ0n) is 24.2. The van der Waals surface area contributed by atoms with Crippen LogP contribution in [0.15, 0.2) is 70.3 Å². The third-order valence-corrected chi connectivity index (χ3v) is 8.83. The zero-order chi connectivity index (χ0) is 27.9. The molecule has 1 N–H and O–H groups in total. The SMILES string of the molecule is C[C@@H]1CC=C2N=CN=C(N3CC4(CCN(Cc5ccccc5)CC4)c4c(CNC(=O)OC(C)(C)C)cccc43)C21. The molecule has 7 heteroatoms. The van der Waals surface area contributed by atoms with Crippen molar-refractivity contribution in [1.29, 1.82) is 0 Å². The van der Waals surface area contributed by atoms with Crippen LogP contribution in [0.5, 0.6) is 0 Å². The summed E-state index contributed by atoms with van der Waals surface area (Å²) in [7, 11) is 0. The molecule has 6 rings (SSSR count). The average molecular weight is 540 g/mol. The van der Waals surface area contributed by atoms with Crippen molar-refractivity contribution >= 4 is 24.0 Å². The maximum absolute atomic E-state index is 12.6. The highest BCUT2D eigenvalue weighted by Gasteiger charge is 2.49. The molecule has 40 heavy (non-hydrogen) atoms. The Morgan fingerprint density at radius 1 is 1.10 bits per heavy atom. The summed E-state index contributed by atoms with van der Waals surface area (Å²) < 4.78 is 5.55. The Kier molecular flexibility index (Phi) is 7.03. The fourth-order valence-electron chi connectivity index (χ4n) is 6.97. The number of amides is 1. The summed E-state index contributed by atoms with van der Waals surface area (Å²) in [5.74, 6) is 1.83. The summed E-state index contributed by atoms with van der Waals surface area (Å²) >= 11 is 0. The Balaban J connectivity index is 1.31. The van der Waals surface area contributed by atoms with Gasteiger partial charge in [0.1, 0.15) is 17.8 Å². The summed E-state index contributed by atoms with van der Waals surface area (Å²) in [6.45, 7) is 12.4. The Morgan fingerprint density at radius 3 is 2.62 bits per heavy atom. The van der Waals surface area contributed by atoms with Crippen molar-refractivity contribution in [2.75, 3.05) is 24.5 Å². The molecule has 7 nitrogen and oxygen atoms in total. The third kappa shape index (κ3) is 5.19. The van der Waals surface area contributed by atoms with E-state index in [1.807, 2.05) is 20.8 Å². The van der Waals surface area contributed by atoms with Crippen molar-refractivity contribution in [2.24, 2.45) is 21.8 Å². The summed E-state index contributed by atoms with van der Waals surface area (Å²) in [5.41, 5.74) is 5.75. The summed E-state index contributed by atoms with van der Waals surface area (Å²) in [5, 5.41) is 3.04. The molecule has 210 valence electrons. The number of ether oxygens (including phenoxy) is 1. The van der Waals surface area contributed by atoms with E-state index in [0.717, 1.165) is 57.0 Å². The molecule has 1 saturated heterocycles. The van der Waals surface area contributed by atoms with E-state index < -0.39 is 5.60 Å². The van der Waals surface area contributed by atoms with Crippen LogP contribution >= 0.6 is 0 Å². The number of hydrogen-bond donors (Lipinski definition) is 1. The quantitative estimate of drug-likeness (QED) is 0.514. The number of aliphatic imine (C=N–C) groups is 2. The van der Waals surface area contributed by atoms with Gasteiger partial charge in [0.25, 0.3) is 0 Å². The van der Waals surface area contributed by atoms with Crippen molar-refractivity contribution in [2.45, 2.75) is 71.1 Å². The van der Waals surface area contributed by atoms with Gasteiger partial charge in [0, 0.05) is 36.4 Å². The highest BCUT2D eigenvalue weighted by Crippen LogP contribution is 2.50. The van der Waals surface area contributed by atoms with Crippen LogP contribution in [0, 0.1) is 11.8 Å². The molecule has 1 spiro atoms. The normalized spacial score (nSPS) is 23.4. The molecular weight excluding hydrogens is 498 g/mol. The van der Waals surface area contributed by atoms with Gasteiger partial charge in [0.05, 0.1) is 5.92 Å². The molecule has 2 aromatic rings. The number of hydrogen-bond acceptors (Lipinski definition) is 6. The lowest BCUT2D eigenvalue weighted by Crippen LogP contribution is -2.47. The van der Waals surface area contributed by atoms with Crippen LogP contribution in [0.2, 0.25) is 0 Å². The standard InChI is InChI=1S/C33H41N5O2/c1-23-13-14-26-28(23)30(36-22-35-26)38-21-33(15-17-37(18-16-33)20-24-9-6-5-7-10-24)29-25(11-8-12-27(29)38)19-34-31(39)40-32(2,3)4/h5-12,14,22-23,28H,13,15-21H2,1-4H3,(H,34,39)/t23-,28?/m1/s1. The van der Waals surface area contributed by atoms with E-state index in [1.165, 1.54) is 22.4 Å². The van der Waals surface area contributed by atoms with Crippen LogP contribution in [0.4, 0.5) is 10.5 Å². The summed E-state index contributed by atoms with van der Waals surface area (Å²) in [6.07, 6.45) is 6.80. The summed E-state index contributed by atoms with van der Waals surface area (Å²) in [6, 6.07) is 17.3. The van der Waals surface area contributed by atoms with Gasteiger partial charge in [-0.1, -0.05) is 55.5 Å². The number of carbonyl (C=O) groups is 1. The first-order valence-electron chi connectivity index (χ1n) is 14.7. The number of likely N-dealkylation sites (tertiary alicyclic amines) is 1. The Morgan fingerprint density at radius 2 is 1.88 bits per heavy atom. The number of rotatable bonds is 4. The van der Waals surface area contributed by atoms with Crippen LogP contribution in [0.3, 0.4) is 0 Å².